The molecule has 1 saturated heterocycles. The molecule has 0 aliphatic carbocycles. The molecule has 3 heteroatoms. The van der Waals surface area contributed by atoms with E-state index in [0.717, 1.165) is 18.8 Å². The lowest BCUT2D eigenvalue weighted by Crippen LogP contribution is -2.32. The molecule has 1 aliphatic rings. The van der Waals surface area contributed by atoms with Gasteiger partial charge in [0.1, 0.15) is 5.69 Å². The lowest BCUT2D eigenvalue weighted by molar-refractivity contribution is 0.0765. The molecular weight excluding hydrogens is 284 g/mol. The maximum absolute atomic E-state index is 13.0. The lowest BCUT2D eigenvalue weighted by Gasteiger charge is -2.25. The molecule has 0 unspecified atom stereocenters. The van der Waals surface area contributed by atoms with Gasteiger partial charge in [0.05, 0.1) is 0 Å². The van der Waals surface area contributed by atoms with Crippen molar-refractivity contribution in [3.8, 4) is 0 Å². The highest BCUT2D eigenvalue weighted by Crippen LogP contribution is 2.42. The monoisotopic (exact) mass is 310 g/mol. The summed E-state index contributed by atoms with van der Waals surface area (Å²) in [6, 6.07) is 14.8. The fourth-order valence-corrected chi connectivity index (χ4v) is 3.72. The van der Waals surface area contributed by atoms with Crippen molar-refractivity contribution in [3.05, 3.63) is 59.9 Å². The van der Waals surface area contributed by atoms with Gasteiger partial charge in [0, 0.05) is 31.2 Å². The zero-order valence-corrected chi connectivity index (χ0v) is 14.5. The van der Waals surface area contributed by atoms with E-state index in [2.05, 4.69) is 56.5 Å². The molecule has 23 heavy (non-hydrogen) atoms. The summed E-state index contributed by atoms with van der Waals surface area (Å²) in [5.74, 6) is 0.533. The molecule has 3 nitrogen and oxygen atoms in total. The summed E-state index contributed by atoms with van der Waals surface area (Å²) >= 11 is 0. The van der Waals surface area contributed by atoms with Gasteiger partial charge in [0.2, 0.25) is 0 Å². The summed E-state index contributed by atoms with van der Waals surface area (Å²) < 4.78 is 2.06. The zero-order chi connectivity index (χ0) is 16.6. The Balaban J connectivity index is 1.85. The molecule has 3 rings (SSSR count). The van der Waals surface area contributed by atoms with Gasteiger partial charge in [-0.05, 0) is 37.0 Å². The second-order valence-electron chi connectivity index (χ2n) is 7.53. The Morgan fingerprint density at radius 3 is 2.48 bits per heavy atom. The van der Waals surface area contributed by atoms with Crippen molar-refractivity contribution in [2.75, 3.05) is 13.1 Å². The number of benzene rings is 1. The number of hydrogen-bond donors (Lipinski definition) is 0. The summed E-state index contributed by atoms with van der Waals surface area (Å²) in [7, 11) is 0. The van der Waals surface area contributed by atoms with Gasteiger partial charge in [-0.2, -0.15) is 0 Å². The highest BCUT2D eigenvalue weighted by molar-refractivity contribution is 5.93. The van der Waals surface area contributed by atoms with E-state index in [0.29, 0.717) is 12.0 Å². The van der Waals surface area contributed by atoms with Crippen LogP contribution in [0.15, 0.2) is 48.7 Å². The number of likely N-dealkylation sites (tertiary alicyclic amines) is 1. The SMILES string of the molecule is CC(C)n1cccc1C(=O)N1C[C@H](c2ccccc2)C(C)(C)C1. The van der Waals surface area contributed by atoms with E-state index in [-0.39, 0.29) is 11.3 Å². The smallest absolute Gasteiger partial charge is 0.270 e. The number of amides is 1. The van der Waals surface area contributed by atoms with Crippen molar-refractivity contribution in [2.45, 2.75) is 39.7 Å². The van der Waals surface area contributed by atoms with Crippen LogP contribution in [0.4, 0.5) is 0 Å². The lowest BCUT2D eigenvalue weighted by atomic mass is 9.78. The Morgan fingerprint density at radius 2 is 1.83 bits per heavy atom. The van der Waals surface area contributed by atoms with Crippen LogP contribution in [-0.4, -0.2) is 28.5 Å². The van der Waals surface area contributed by atoms with Crippen LogP contribution in [0.1, 0.15) is 55.7 Å². The first-order chi connectivity index (χ1) is 10.9. The molecule has 2 heterocycles. The van der Waals surface area contributed by atoms with Gasteiger partial charge >= 0.3 is 0 Å². The van der Waals surface area contributed by atoms with Crippen LogP contribution in [0.3, 0.4) is 0 Å². The molecule has 0 spiro atoms. The van der Waals surface area contributed by atoms with Crippen LogP contribution in [0.2, 0.25) is 0 Å². The van der Waals surface area contributed by atoms with Gasteiger partial charge in [0.25, 0.3) is 5.91 Å². The fraction of sp³-hybridized carbons (Fsp3) is 0.450. The normalized spacial score (nSPS) is 20.2. The minimum atomic E-state index is 0.0896. The Bertz CT molecular complexity index is 685. The predicted molar refractivity (Wildman–Crippen MR) is 93.7 cm³/mol. The van der Waals surface area contributed by atoms with Gasteiger partial charge in [-0.15, -0.1) is 0 Å². The minimum absolute atomic E-state index is 0.0896. The number of carbonyl (C=O) groups excluding carboxylic acids is 1. The third-order valence-corrected chi connectivity index (χ3v) is 4.99. The topological polar surface area (TPSA) is 25.2 Å². The summed E-state index contributed by atoms with van der Waals surface area (Å²) in [5, 5.41) is 0. The van der Waals surface area contributed by atoms with E-state index in [1.807, 2.05) is 29.3 Å². The van der Waals surface area contributed by atoms with E-state index in [4.69, 9.17) is 0 Å². The van der Waals surface area contributed by atoms with Crippen molar-refractivity contribution in [1.29, 1.82) is 0 Å². The van der Waals surface area contributed by atoms with Gasteiger partial charge in [-0.25, -0.2) is 0 Å². The molecule has 1 aromatic carbocycles. The largest absolute Gasteiger partial charge is 0.341 e. The van der Waals surface area contributed by atoms with Crippen molar-refractivity contribution in [1.82, 2.24) is 9.47 Å². The maximum Gasteiger partial charge on any atom is 0.270 e. The number of rotatable bonds is 3. The molecular formula is C20H26N2O. The number of aromatic nitrogens is 1. The van der Waals surface area contributed by atoms with Crippen LogP contribution < -0.4 is 0 Å². The second-order valence-corrected chi connectivity index (χ2v) is 7.53. The zero-order valence-electron chi connectivity index (χ0n) is 14.5. The van der Waals surface area contributed by atoms with Crippen molar-refractivity contribution >= 4 is 5.91 Å². The van der Waals surface area contributed by atoms with E-state index >= 15 is 0 Å². The van der Waals surface area contributed by atoms with Crippen molar-refractivity contribution < 1.29 is 4.79 Å². The van der Waals surface area contributed by atoms with Crippen molar-refractivity contribution in [2.24, 2.45) is 5.41 Å². The quantitative estimate of drug-likeness (QED) is 0.828. The summed E-state index contributed by atoms with van der Waals surface area (Å²) in [6.07, 6.45) is 1.99. The fourth-order valence-electron chi connectivity index (χ4n) is 3.72. The summed E-state index contributed by atoms with van der Waals surface area (Å²) in [5.41, 5.74) is 2.21. The van der Waals surface area contributed by atoms with Gasteiger partial charge in [0.15, 0.2) is 0 Å². The second kappa shape index (κ2) is 5.88. The molecule has 2 aromatic rings. The highest BCUT2D eigenvalue weighted by Gasteiger charge is 2.42. The predicted octanol–water partition coefficient (Wildman–Crippen LogP) is 4.33. The molecule has 0 saturated carbocycles. The van der Waals surface area contributed by atoms with E-state index in [1.54, 1.807) is 0 Å². The Morgan fingerprint density at radius 1 is 1.13 bits per heavy atom. The molecule has 122 valence electrons. The van der Waals surface area contributed by atoms with Gasteiger partial charge in [-0.1, -0.05) is 44.2 Å². The Labute approximate surface area is 138 Å². The standard InChI is InChI=1S/C20H26N2O/c1-15(2)22-12-8-11-18(22)19(23)21-13-17(20(3,4)14-21)16-9-6-5-7-10-16/h5-12,15,17H,13-14H2,1-4H3/t17-/m1/s1. The average molecular weight is 310 g/mol. The Kier molecular flexibility index (Phi) is 4.05. The molecule has 0 radical (unpaired) electrons. The first-order valence-electron chi connectivity index (χ1n) is 8.41. The number of carbonyl (C=O) groups is 1. The number of nitrogens with zero attached hydrogens (tertiary/aromatic N) is 2. The molecule has 0 N–H and O–H groups in total. The van der Waals surface area contributed by atoms with Gasteiger partial charge < -0.3 is 9.47 Å². The van der Waals surface area contributed by atoms with E-state index in [9.17, 15) is 4.79 Å². The van der Waals surface area contributed by atoms with Crippen molar-refractivity contribution in [3.63, 3.8) is 0 Å². The molecule has 1 atom stereocenters. The van der Waals surface area contributed by atoms with Crippen LogP contribution in [-0.2, 0) is 0 Å². The molecule has 1 fully saturated rings. The van der Waals surface area contributed by atoms with Crippen LogP contribution in [0.5, 0.6) is 0 Å². The summed E-state index contributed by atoms with van der Waals surface area (Å²) in [4.78, 5) is 15.0. The molecule has 1 aromatic heterocycles. The summed E-state index contributed by atoms with van der Waals surface area (Å²) in [6.45, 7) is 10.3. The molecule has 0 bridgehead atoms. The third-order valence-electron chi connectivity index (χ3n) is 4.99. The first kappa shape index (κ1) is 15.9. The first-order valence-corrected chi connectivity index (χ1v) is 8.41. The number of hydrogen-bond acceptors (Lipinski definition) is 1. The van der Waals surface area contributed by atoms with Crippen LogP contribution >= 0.6 is 0 Å². The maximum atomic E-state index is 13.0. The Hall–Kier alpha value is -2.03. The third kappa shape index (κ3) is 2.92. The minimum Gasteiger partial charge on any atom is -0.341 e. The molecule has 1 amide bonds. The van der Waals surface area contributed by atoms with E-state index in [1.165, 1.54) is 5.56 Å². The van der Waals surface area contributed by atoms with Gasteiger partial charge in [-0.3, -0.25) is 4.79 Å². The molecule has 1 aliphatic heterocycles. The van der Waals surface area contributed by atoms with Crippen LogP contribution in [0.25, 0.3) is 0 Å². The van der Waals surface area contributed by atoms with Crippen LogP contribution in [0, 0.1) is 5.41 Å². The van der Waals surface area contributed by atoms with E-state index < -0.39 is 0 Å². The average Bonchev–Trinajstić information content (AvgIpc) is 3.11. The highest BCUT2D eigenvalue weighted by atomic mass is 16.2.